The van der Waals surface area contributed by atoms with E-state index in [0.29, 0.717) is 6.42 Å². The summed E-state index contributed by atoms with van der Waals surface area (Å²) in [6, 6.07) is 24.7. The van der Waals surface area contributed by atoms with Gasteiger partial charge < -0.3 is 24.8 Å². The second-order valence-corrected chi connectivity index (χ2v) is 9.71. The fraction of sp³-hybridized carbons (Fsp3) is 0.323. The van der Waals surface area contributed by atoms with Crippen LogP contribution in [0.2, 0.25) is 0 Å². The van der Waals surface area contributed by atoms with Crippen molar-refractivity contribution >= 4 is 18.0 Å². The number of carbonyl (C=O) groups excluding carboxylic acids is 2. The number of carboxylic acids is 1. The molecule has 1 aliphatic rings. The number of aliphatic carboxylic acids is 1. The number of carboxylic acid groups (broad SMARTS) is 1. The monoisotopic (exact) mass is 530 g/mol. The van der Waals surface area contributed by atoms with Crippen molar-refractivity contribution in [2.75, 3.05) is 20.2 Å². The zero-order valence-corrected chi connectivity index (χ0v) is 22.2. The summed E-state index contributed by atoms with van der Waals surface area (Å²) in [6.45, 7) is 2.34. The van der Waals surface area contributed by atoms with Crippen LogP contribution in [-0.4, -0.2) is 60.3 Å². The highest BCUT2D eigenvalue weighted by atomic mass is 16.5. The van der Waals surface area contributed by atoms with E-state index in [4.69, 9.17) is 14.6 Å². The maximum Gasteiger partial charge on any atom is 0.407 e. The smallest absolute Gasteiger partial charge is 0.407 e. The molecule has 0 aromatic heterocycles. The molecule has 0 spiro atoms. The van der Waals surface area contributed by atoms with Crippen molar-refractivity contribution in [3.63, 3.8) is 0 Å². The molecule has 8 heteroatoms. The Morgan fingerprint density at radius 2 is 1.51 bits per heavy atom. The number of alkyl carbamates (subject to hydrolysis) is 1. The number of amides is 2. The lowest BCUT2D eigenvalue weighted by Crippen LogP contribution is -2.53. The molecule has 2 amide bonds. The van der Waals surface area contributed by atoms with Gasteiger partial charge in [-0.15, -0.1) is 0 Å². The Balaban J connectivity index is 1.43. The lowest BCUT2D eigenvalue weighted by Gasteiger charge is -2.28. The summed E-state index contributed by atoms with van der Waals surface area (Å²) < 4.78 is 11.6. The van der Waals surface area contributed by atoms with E-state index in [1.165, 1.54) is 4.90 Å². The molecule has 1 aliphatic carbocycles. The Morgan fingerprint density at radius 3 is 2.13 bits per heavy atom. The molecule has 4 rings (SSSR count). The average Bonchev–Trinajstić information content (AvgIpc) is 3.27. The largest absolute Gasteiger partial charge is 0.481 e. The first-order valence-corrected chi connectivity index (χ1v) is 13.1. The second-order valence-electron chi connectivity index (χ2n) is 9.71. The van der Waals surface area contributed by atoms with E-state index in [9.17, 15) is 14.4 Å². The SMILES string of the molecule is CC(OCc1ccccc1)C(NC(=O)OCC1c2ccccc2-c2ccccc21)C(=O)N(C)CCCC(=O)O. The highest BCUT2D eigenvalue weighted by Crippen LogP contribution is 2.44. The number of fused-ring (bicyclic) bond motifs is 3. The van der Waals surface area contributed by atoms with Gasteiger partial charge in [0.25, 0.3) is 0 Å². The lowest BCUT2D eigenvalue weighted by molar-refractivity contribution is -0.139. The molecule has 0 heterocycles. The van der Waals surface area contributed by atoms with E-state index < -0.39 is 24.2 Å². The number of carbonyl (C=O) groups is 3. The average molecular weight is 531 g/mol. The van der Waals surface area contributed by atoms with Gasteiger partial charge >= 0.3 is 12.1 Å². The summed E-state index contributed by atoms with van der Waals surface area (Å²) in [5, 5.41) is 11.6. The van der Waals surface area contributed by atoms with Crippen LogP contribution in [0.25, 0.3) is 11.1 Å². The van der Waals surface area contributed by atoms with Gasteiger partial charge in [0.2, 0.25) is 5.91 Å². The molecule has 0 aliphatic heterocycles. The van der Waals surface area contributed by atoms with Crippen molar-refractivity contribution in [1.29, 1.82) is 0 Å². The Labute approximate surface area is 228 Å². The van der Waals surface area contributed by atoms with Gasteiger partial charge in [0.05, 0.1) is 12.7 Å². The molecule has 0 fully saturated rings. The molecule has 0 radical (unpaired) electrons. The number of nitrogens with one attached hydrogen (secondary N) is 1. The summed E-state index contributed by atoms with van der Waals surface area (Å²) in [4.78, 5) is 38.6. The molecule has 204 valence electrons. The van der Waals surface area contributed by atoms with Gasteiger partial charge in [-0.05, 0) is 41.2 Å². The third-order valence-electron chi connectivity index (χ3n) is 6.97. The first-order valence-electron chi connectivity index (χ1n) is 13.1. The minimum atomic E-state index is -1.01. The van der Waals surface area contributed by atoms with Crippen molar-refractivity contribution < 1.29 is 29.0 Å². The molecule has 3 aromatic rings. The van der Waals surface area contributed by atoms with Crippen LogP contribution < -0.4 is 5.32 Å². The highest BCUT2D eigenvalue weighted by Gasteiger charge is 2.33. The van der Waals surface area contributed by atoms with Crippen LogP contribution in [0.5, 0.6) is 0 Å². The van der Waals surface area contributed by atoms with Crippen molar-refractivity contribution in [2.45, 2.75) is 44.4 Å². The summed E-state index contributed by atoms with van der Waals surface area (Å²) >= 11 is 0. The molecule has 2 atom stereocenters. The van der Waals surface area contributed by atoms with Gasteiger partial charge in [0.15, 0.2) is 0 Å². The number of benzene rings is 3. The Bertz CT molecular complexity index is 1250. The van der Waals surface area contributed by atoms with Crippen molar-refractivity contribution in [3.05, 3.63) is 95.6 Å². The molecule has 8 nitrogen and oxygen atoms in total. The van der Waals surface area contributed by atoms with Crippen molar-refractivity contribution in [1.82, 2.24) is 10.2 Å². The van der Waals surface area contributed by atoms with Crippen molar-refractivity contribution in [2.24, 2.45) is 0 Å². The van der Waals surface area contributed by atoms with Gasteiger partial charge in [0.1, 0.15) is 12.6 Å². The molecule has 3 aromatic carbocycles. The maximum absolute atomic E-state index is 13.3. The minimum Gasteiger partial charge on any atom is -0.481 e. The Hall–Kier alpha value is -4.17. The molecule has 39 heavy (non-hydrogen) atoms. The normalized spacial score (nSPS) is 13.6. The van der Waals surface area contributed by atoms with Gasteiger partial charge in [-0.3, -0.25) is 9.59 Å². The van der Waals surface area contributed by atoms with Gasteiger partial charge in [-0.1, -0.05) is 78.9 Å². The molecule has 0 saturated carbocycles. The molecule has 2 N–H and O–H groups in total. The van der Waals surface area contributed by atoms with Crippen LogP contribution >= 0.6 is 0 Å². The van der Waals surface area contributed by atoms with Crippen LogP contribution in [0.3, 0.4) is 0 Å². The van der Waals surface area contributed by atoms with E-state index in [2.05, 4.69) is 17.4 Å². The summed E-state index contributed by atoms with van der Waals surface area (Å²) in [5.74, 6) is -1.42. The first kappa shape index (κ1) is 27.9. The number of nitrogens with zero attached hydrogens (tertiary/aromatic N) is 1. The zero-order chi connectivity index (χ0) is 27.8. The van der Waals surface area contributed by atoms with E-state index in [1.54, 1.807) is 14.0 Å². The standard InChI is InChI=1S/C31H34N2O6/c1-21(38-19-22-11-4-3-5-12-22)29(30(36)33(2)18-10-17-28(34)35)32-31(37)39-20-27-25-15-8-6-13-23(25)24-14-7-9-16-26(24)27/h3-9,11-16,21,27,29H,10,17-20H2,1-2H3,(H,32,37)(H,34,35). The van der Waals surface area contributed by atoms with Gasteiger partial charge in [-0.25, -0.2) is 4.79 Å². The molecule has 2 unspecified atom stereocenters. The number of likely N-dealkylation sites (N-methyl/N-ethyl adjacent to an activating group) is 1. The Morgan fingerprint density at radius 1 is 0.923 bits per heavy atom. The van der Waals surface area contributed by atoms with Crippen LogP contribution in [-0.2, 0) is 25.7 Å². The predicted molar refractivity (Wildman–Crippen MR) is 147 cm³/mol. The third-order valence-corrected chi connectivity index (χ3v) is 6.97. The van der Waals surface area contributed by atoms with E-state index >= 15 is 0 Å². The van der Waals surface area contributed by atoms with E-state index in [0.717, 1.165) is 27.8 Å². The topological polar surface area (TPSA) is 105 Å². The van der Waals surface area contributed by atoms with E-state index in [-0.39, 0.29) is 38.0 Å². The minimum absolute atomic E-state index is 0.0534. The Kier molecular flexibility index (Phi) is 9.33. The molecule has 0 saturated heterocycles. The number of hydrogen-bond acceptors (Lipinski definition) is 5. The fourth-order valence-electron chi connectivity index (χ4n) is 4.86. The first-order chi connectivity index (χ1) is 18.8. The molecule has 0 bridgehead atoms. The molecular formula is C31H34N2O6. The van der Waals surface area contributed by atoms with E-state index in [1.807, 2.05) is 66.7 Å². The predicted octanol–water partition coefficient (Wildman–Crippen LogP) is 4.82. The second kappa shape index (κ2) is 13.1. The zero-order valence-electron chi connectivity index (χ0n) is 22.2. The van der Waals surface area contributed by atoms with Crippen molar-refractivity contribution in [3.8, 4) is 11.1 Å². The maximum atomic E-state index is 13.3. The van der Waals surface area contributed by atoms with Crippen LogP contribution in [0.4, 0.5) is 4.79 Å². The van der Waals surface area contributed by atoms with Crippen LogP contribution in [0, 0.1) is 0 Å². The van der Waals surface area contributed by atoms with Crippen LogP contribution in [0.15, 0.2) is 78.9 Å². The number of ether oxygens (including phenoxy) is 2. The molecular weight excluding hydrogens is 496 g/mol. The number of hydrogen-bond donors (Lipinski definition) is 2. The highest BCUT2D eigenvalue weighted by molar-refractivity contribution is 5.86. The number of rotatable bonds is 12. The van der Waals surface area contributed by atoms with Gasteiger partial charge in [-0.2, -0.15) is 0 Å². The lowest BCUT2D eigenvalue weighted by atomic mass is 9.98. The fourth-order valence-corrected chi connectivity index (χ4v) is 4.86. The summed E-state index contributed by atoms with van der Waals surface area (Å²) in [6.07, 6.45) is -1.14. The third kappa shape index (κ3) is 7.03. The van der Waals surface area contributed by atoms with Gasteiger partial charge in [0, 0.05) is 25.9 Å². The summed E-state index contributed by atoms with van der Waals surface area (Å²) in [7, 11) is 1.58. The van der Waals surface area contributed by atoms with Crippen LogP contribution in [0.1, 0.15) is 42.4 Å². The quantitative estimate of drug-likeness (QED) is 0.348. The summed E-state index contributed by atoms with van der Waals surface area (Å²) in [5.41, 5.74) is 5.38.